The lowest BCUT2D eigenvalue weighted by Gasteiger charge is -2.42. The zero-order chi connectivity index (χ0) is 15.7. The Morgan fingerprint density at radius 3 is 2.00 bits per heavy atom. The van der Waals surface area contributed by atoms with Crippen LogP contribution in [0.25, 0.3) is 0 Å². The van der Waals surface area contributed by atoms with Gasteiger partial charge in [0.2, 0.25) is 0 Å². The van der Waals surface area contributed by atoms with Crippen molar-refractivity contribution in [2.45, 2.75) is 59.0 Å². The normalized spacial score (nSPS) is 19.0. The van der Waals surface area contributed by atoms with E-state index >= 15 is 0 Å². The first kappa shape index (κ1) is 16.4. The molecule has 3 nitrogen and oxygen atoms in total. The standard InChI is InChI=1S/C18H31N3/c1-17(2,3)16-8-7-15(13-19-16)14-20-9-11-21(12-10-20)18(4,5)6/h7-8,13H,9-12,14H2,1-6H3. The van der Waals surface area contributed by atoms with Gasteiger partial charge in [0, 0.05) is 55.6 Å². The van der Waals surface area contributed by atoms with Crippen LogP contribution in [-0.2, 0) is 12.0 Å². The van der Waals surface area contributed by atoms with Crippen LogP contribution in [-0.4, -0.2) is 46.5 Å². The van der Waals surface area contributed by atoms with Crippen molar-refractivity contribution >= 4 is 0 Å². The molecule has 1 fully saturated rings. The van der Waals surface area contributed by atoms with Crippen LogP contribution in [0.5, 0.6) is 0 Å². The maximum absolute atomic E-state index is 4.63. The highest BCUT2D eigenvalue weighted by atomic mass is 15.3. The van der Waals surface area contributed by atoms with Crippen LogP contribution in [0.2, 0.25) is 0 Å². The van der Waals surface area contributed by atoms with E-state index in [0.717, 1.165) is 32.7 Å². The number of hydrogen-bond acceptors (Lipinski definition) is 3. The Bertz CT molecular complexity index is 443. The molecular weight excluding hydrogens is 258 g/mol. The van der Waals surface area contributed by atoms with E-state index in [-0.39, 0.29) is 5.41 Å². The molecule has 3 heteroatoms. The molecule has 1 saturated heterocycles. The first-order valence-electron chi connectivity index (χ1n) is 8.09. The second kappa shape index (κ2) is 6.05. The summed E-state index contributed by atoms with van der Waals surface area (Å²) in [6.07, 6.45) is 2.05. The van der Waals surface area contributed by atoms with Crippen LogP contribution in [0.3, 0.4) is 0 Å². The summed E-state index contributed by atoms with van der Waals surface area (Å²) in [7, 11) is 0. The predicted molar refractivity (Wildman–Crippen MR) is 89.5 cm³/mol. The molecule has 0 aliphatic carbocycles. The molecule has 2 rings (SSSR count). The van der Waals surface area contributed by atoms with Gasteiger partial charge in [0.15, 0.2) is 0 Å². The molecule has 1 aromatic heterocycles. The highest BCUT2D eigenvalue weighted by molar-refractivity contribution is 5.19. The predicted octanol–water partition coefficient (Wildman–Crippen LogP) is 3.30. The lowest BCUT2D eigenvalue weighted by molar-refractivity contribution is 0.0590. The average molecular weight is 289 g/mol. The van der Waals surface area contributed by atoms with Crippen molar-refractivity contribution in [2.75, 3.05) is 26.2 Å². The van der Waals surface area contributed by atoms with Crippen LogP contribution < -0.4 is 0 Å². The third kappa shape index (κ3) is 4.52. The third-order valence-corrected chi connectivity index (χ3v) is 4.32. The van der Waals surface area contributed by atoms with Crippen LogP contribution in [0.4, 0.5) is 0 Å². The van der Waals surface area contributed by atoms with Crippen molar-refractivity contribution in [3.63, 3.8) is 0 Å². The monoisotopic (exact) mass is 289 g/mol. The number of rotatable bonds is 2. The summed E-state index contributed by atoms with van der Waals surface area (Å²) in [5, 5.41) is 0. The molecular formula is C18H31N3. The molecule has 0 radical (unpaired) electrons. The fraction of sp³-hybridized carbons (Fsp3) is 0.722. The van der Waals surface area contributed by atoms with E-state index in [2.05, 4.69) is 74.7 Å². The average Bonchev–Trinajstić information content (AvgIpc) is 2.38. The maximum atomic E-state index is 4.63. The SMILES string of the molecule is CC(C)(C)c1ccc(CN2CCN(C(C)(C)C)CC2)cn1. The smallest absolute Gasteiger partial charge is 0.0457 e. The summed E-state index contributed by atoms with van der Waals surface area (Å²) in [6.45, 7) is 19.2. The van der Waals surface area contributed by atoms with Crippen LogP contribution in [0.1, 0.15) is 52.8 Å². The molecule has 0 amide bonds. The summed E-state index contributed by atoms with van der Waals surface area (Å²) < 4.78 is 0. The zero-order valence-electron chi connectivity index (χ0n) is 14.6. The molecule has 0 aromatic carbocycles. The van der Waals surface area contributed by atoms with Crippen molar-refractivity contribution in [1.29, 1.82) is 0 Å². The minimum Gasteiger partial charge on any atom is -0.296 e. The van der Waals surface area contributed by atoms with Crippen molar-refractivity contribution < 1.29 is 0 Å². The third-order valence-electron chi connectivity index (χ3n) is 4.32. The molecule has 1 aliphatic rings. The second-order valence-electron chi connectivity index (χ2n) is 8.24. The molecule has 0 N–H and O–H groups in total. The Morgan fingerprint density at radius 2 is 1.57 bits per heavy atom. The van der Waals surface area contributed by atoms with Gasteiger partial charge < -0.3 is 0 Å². The van der Waals surface area contributed by atoms with E-state index < -0.39 is 0 Å². The van der Waals surface area contributed by atoms with Gasteiger partial charge >= 0.3 is 0 Å². The fourth-order valence-electron chi connectivity index (χ4n) is 2.80. The lowest BCUT2D eigenvalue weighted by atomic mass is 9.91. The Balaban J connectivity index is 1.89. The van der Waals surface area contributed by atoms with Crippen LogP contribution >= 0.6 is 0 Å². The summed E-state index contributed by atoms with van der Waals surface area (Å²) in [4.78, 5) is 9.74. The number of aromatic nitrogens is 1. The first-order valence-corrected chi connectivity index (χ1v) is 8.09. The molecule has 0 unspecified atom stereocenters. The summed E-state index contributed by atoms with van der Waals surface area (Å²) >= 11 is 0. The molecule has 1 aromatic rings. The van der Waals surface area contributed by atoms with E-state index in [1.165, 1.54) is 11.3 Å². The maximum Gasteiger partial charge on any atom is 0.0457 e. The number of hydrogen-bond donors (Lipinski definition) is 0. The zero-order valence-corrected chi connectivity index (χ0v) is 14.6. The molecule has 0 spiro atoms. The number of pyridine rings is 1. The second-order valence-corrected chi connectivity index (χ2v) is 8.24. The molecule has 118 valence electrons. The summed E-state index contributed by atoms with van der Waals surface area (Å²) in [5.41, 5.74) is 2.93. The van der Waals surface area contributed by atoms with Crippen LogP contribution in [0.15, 0.2) is 18.3 Å². The van der Waals surface area contributed by atoms with Gasteiger partial charge in [-0.25, -0.2) is 0 Å². The number of nitrogens with zero attached hydrogens (tertiary/aromatic N) is 3. The molecule has 21 heavy (non-hydrogen) atoms. The van der Waals surface area contributed by atoms with Crippen LogP contribution in [0, 0.1) is 0 Å². The van der Waals surface area contributed by atoms with Gasteiger partial charge in [-0.1, -0.05) is 26.8 Å². The Kier molecular flexibility index (Phi) is 4.74. The van der Waals surface area contributed by atoms with Crippen molar-refractivity contribution in [2.24, 2.45) is 0 Å². The quantitative estimate of drug-likeness (QED) is 0.833. The van der Waals surface area contributed by atoms with Crippen molar-refractivity contribution in [3.8, 4) is 0 Å². The van der Waals surface area contributed by atoms with Gasteiger partial charge in [-0.3, -0.25) is 14.8 Å². The summed E-state index contributed by atoms with van der Waals surface area (Å²) in [5.74, 6) is 0. The molecule has 1 aliphatic heterocycles. The van der Waals surface area contributed by atoms with Gasteiger partial charge in [-0.2, -0.15) is 0 Å². The Morgan fingerprint density at radius 1 is 0.952 bits per heavy atom. The van der Waals surface area contributed by atoms with Crippen molar-refractivity contribution in [1.82, 2.24) is 14.8 Å². The van der Waals surface area contributed by atoms with Gasteiger partial charge in [-0.05, 0) is 32.4 Å². The highest BCUT2D eigenvalue weighted by Crippen LogP contribution is 2.21. The fourth-order valence-corrected chi connectivity index (χ4v) is 2.80. The molecule has 0 atom stereocenters. The largest absolute Gasteiger partial charge is 0.296 e. The van der Waals surface area contributed by atoms with E-state index in [4.69, 9.17) is 0 Å². The Labute approximate surface area is 130 Å². The minimum atomic E-state index is 0.136. The van der Waals surface area contributed by atoms with Gasteiger partial charge in [0.1, 0.15) is 0 Å². The topological polar surface area (TPSA) is 19.4 Å². The summed E-state index contributed by atoms with van der Waals surface area (Å²) in [6, 6.07) is 4.42. The van der Waals surface area contributed by atoms with E-state index in [1.54, 1.807) is 0 Å². The van der Waals surface area contributed by atoms with Gasteiger partial charge in [0.25, 0.3) is 0 Å². The molecule has 0 saturated carbocycles. The molecule has 2 heterocycles. The van der Waals surface area contributed by atoms with E-state index in [9.17, 15) is 0 Å². The Hall–Kier alpha value is -0.930. The lowest BCUT2D eigenvalue weighted by Crippen LogP contribution is -2.53. The molecule has 0 bridgehead atoms. The van der Waals surface area contributed by atoms with Gasteiger partial charge in [0.05, 0.1) is 0 Å². The van der Waals surface area contributed by atoms with E-state index in [0.29, 0.717) is 5.54 Å². The van der Waals surface area contributed by atoms with E-state index in [1.807, 2.05) is 0 Å². The first-order chi connectivity index (χ1) is 9.66. The minimum absolute atomic E-state index is 0.136. The van der Waals surface area contributed by atoms with Crippen molar-refractivity contribution in [3.05, 3.63) is 29.6 Å². The number of piperazine rings is 1. The highest BCUT2D eigenvalue weighted by Gasteiger charge is 2.25. The van der Waals surface area contributed by atoms with Gasteiger partial charge in [-0.15, -0.1) is 0 Å².